The van der Waals surface area contributed by atoms with E-state index in [1.807, 2.05) is 0 Å². The lowest BCUT2D eigenvalue weighted by atomic mass is 9.58. The van der Waals surface area contributed by atoms with E-state index in [-0.39, 0.29) is 0 Å². The van der Waals surface area contributed by atoms with Crippen LogP contribution in [-0.4, -0.2) is 45.2 Å². The average molecular weight is 402 g/mol. The Kier molecular flexibility index (Phi) is 4.47. The molecule has 4 heteroatoms. The summed E-state index contributed by atoms with van der Waals surface area (Å²) in [5.74, 6) is 2.45. The highest BCUT2D eigenvalue weighted by molar-refractivity contribution is 5.74. The van der Waals surface area contributed by atoms with Crippen LogP contribution in [0.15, 0.2) is 48.5 Å². The Morgan fingerprint density at radius 1 is 1.00 bits per heavy atom. The van der Waals surface area contributed by atoms with Gasteiger partial charge < -0.3 is 15.0 Å². The molecule has 2 fully saturated rings. The number of piperidine rings is 1. The fraction of sp³-hybridized carbons (Fsp3) is 0.500. The van der Waals surface area contributed by atoms with Crippen LogP contribution in [0.5, 0.6) is 0 Å². The minimum Gasteiger partial charge on any atom is -0.389 e. The summed E-state index contributed by atoms with van der Waals surface area (Å²) in [6.45, 7) is 3.16. The summed E-state index contributed by atoms with van der Waals surface area (Å²) >= 11 is 0. The summed E-state index contributed by atoms with van der Waals surface area (Å²) in [5.41, 5.74) is 4.58. The van der Waals surface area contributed by atoms with Crippen molar-refractivity contribution in [2.45, 2.75) is 61.9 Å². The van der Waals surface area contributed by atoms with Crippen LogP contribution in [0.4, 0.5) is 0 Å². The van der Waals surface area contributed by atoms with Crippen LogP contribution in [0, 0.1) is 0 Å². The van der Waals surface area contributed by atoms with Crippen molar-refractivity contribution in [1.29, 1.82) is 0 Å². The molecule has 0 radical (unpaired) electrons. The van der Waals surface area contributed by atoms with E-state index < -0.39 is 5.60 Å². The zero-order valence-electron chi connectivity index (χ0n) is 17.6. The summed E-state index contributed by atoms with van der Waals surface area (Å²) in [6.07, 6.45) is 6.60. The Labute approximate surface area is 178 Å². The number of para-hydroxylation sites is 2. The molecule has 3 aliphatic carbocycles. The van der Waals surface area contributed by atoms with Gasteiger partial charge in [-0.25, -0.2) is 4.98 Å². The van der Waals surface area contributed by atoms with Crippen molar-refractivity contribution < 1.29 is 5.11 Å². The molecule has 1 saturated carbocycles. The van der Waals surface area contributed by atoms with Crippen LogP contribution < -0.4 is 0 Å². The van der Waals surface area contributed by atoms with Crippen molar-refractivity contribution in [3.05, 3.63) is 65.5 Å². The van der Waals surface area contributed by atoms with Gasteiger partial charge in [-0.2, -0.15) is 0 Å². The predicted molar refractivity (Wildman–Crippen MR) is 120 cm³/mol. The second-order valence-corrected chi connectivity index (χ2v) is 9.79. The van der Waals surface area contributed by atoms with Gasteiger partial charge in [0.1, 0.15) is 5.82 Å². The first-order valence-corrected chi connectivity index (χ1v) is 11.7. The van der Waals surface area contributed by atoms with Gasteiger partial charge in [-0.3, -0.25) is 0 Å². The largest absolute Gasteiger partial charge is 0.389 e. The molecule has 7 rings (SSSR count). The number of likely N-dealkylation sites (tertiary alicyclic amines) is 1. The van der Waals surface area contributed by atoms with Gasteiger partial charge in [0, 0.05) is 24.9 Å². The van der Waals surface area contributed by atoms with Crippen LogP contribution in [0.2, 0.25) is 0 Å². The maximum Gasteiger partial charge on any atom is 0.111 e. The second-order valence-electron chi connectivity index (χ2n) is 9.79. The monoisotopic (exact) mass is 401 g/mol. The highest BCUT2D eigenvalue weighted by Crippen LogP contribution is 2.55. The highest BCUT2D eigenvalue weighted by atomic mass is 16.3. The van der Waals surface area contributed by atoms with Gasteiger partial charge in [0.2, 0.25) is 0 Å². The lowest BCUT2D eigenvalue weighted by Gasteiger charge is -2.50. The van der Waals surface area contributed by atoms with Crippen molar-refractivity contribution in [2.24, 2.45) is 0 Å². The molecule has 4 aliphatic rings. The van der Waals surface area contributed by atoms with Gasteiger partial charge in [-0.05, 0) is 74.2 Å². The van der Waals surface area contributed by atoms with E-state index in [0.29, 0.717) is 17.8 Å². The van der Waals surface area contributed by atoms with Gasteiger partial charge >= 0.3 is 0 Å². The van der Waals surface area contributed by atoms with E-state index in [2.05, 4.69) is 58.4 Å². The molecule has 1 aromatic heterocycles. The Bertz CT molecular complexity index is 1030. The van der Waals surface area contributed by atoms with Crippen molar-refractivity contribution in [2.75, 3.05) is 19.6 Å². The molecule has 4 atom stereocenters. The van der Waals surface area contributed by atoms with Crippen LogP contribution in [0.1, 0.15) is 73.2 Å². The van der Waals surface area contributed by atoms with Crippen LogP contribution in [0.25, 0.3) is 11.0 Å². The third-order valence-corrected chi connectivity index (χ3v) is 8.02. The molecule has 2 bridgehead atoms. The Morgan fingerprint density at radius 3 is 2.73 bits per heavy atom. The number of hydrogen-bond acceptors (Lipinski definition) is 3. The number of aliphatic hydroxyl groups is 1. The molecule has 1 aliphatic heterocycles. The zero-order chi connectivity index (χ0) is 20.1. The molecule has 0 amide bonds. The minimum atomic E-state index is -0.538. The van der Waals surface area contributed by atoms with E-state index in [4.69, 9.17) is 4.98 Å². The van der Waals surface area contributed by atoms with E-state index in [1.165, 1.54) is 30.4 Å². The normalized spacial score (nSPS) is 31.2. The smallest absolute Gasteiger partial charge is 0.111 e. The average Bonchev–Trinajstić information content (AvgIpc) is 3.23. The molecule has 0 spiro atoms. The van der Waals surface area contributed by atoms with E-state index in [1.54, 1.807) is 0 Å². The third-order valence-electron chi connectivity index (χ3n) is 8.02. The topological polar surface area (TPSA) is 52.1 Å². The lowest BCUT2D eigenvalue weighted by Crippen LogP contribution is -2.48. The van der Waals surface area contributed by atoms with Crippen LogP contribution >= 0.6 is 0 Å². The number of hydrogen-bond donors (Lipinski definition) is 2. The molecule has 4 nitrogen and oxygen atoms in total. The summed E-state index contributed by atoms with van der Waals surface area (Å²) in [4.78, 5) is 11.0. The maximum atomic E-state index is 11.7. The number of aromatic amines is 1. The van der Waals surface area contributed by atoms with Crippen molar-refractivity contribution >= 4 is 11.0 Å². The number of imidazole rings is 1. The first-order valence-electron chi connectivity index (χ1n) is 11.7. The second kappa shape index (κ2) is 7.21. The lowest BCUT2D eigenvalue weighted by molar-refractivity contribution is -0.0475. The first-order chi connectivity index (χ1) is 14.7. The van der Waals surface area contributed by atoms with E-state index >= 15 is 0 Å². The molecule has 4 unspecified atom stereocenters. The fourth-order valence-corrected chi connectivity index (χ4v) is 6.49. The number of aromatic nitrogens is 2. The molecule has 2 N–H and O–H groups in total. The molecule has 30 heavy (non-hydrogen) atoms. The van der Waals surface area contributed by atoms with Crippen molar-refractivity contribution in [3.8, 4) is 0 Å². The first kappa shape index (κ1) is 18.6. The Hall–Kier alpha value is -2.17. The molecule has 2 heterocycles. The number of H-pyrrole nitrogens is 1. The van der Waals surface area contributed by atoms with Gasteiger partial charge in [0.05, 0.1) is 16.6 Å². The maximum absolute atomic E-state index is 11.7. The number of nitrogens with one attached hydrogen (secondary N) is 1. The van der Waals surface area contributed by atoms with E-state index in [0.717, 1.165) is 55.8 Å². The minimum absolute atomic E-state index is 0.315. The van der Waals surface area contributed by atoms with Gasteiger partial charge in [-0.1, -0.05) is 36.4 Å². The quantitative estimate of drug-likeness (QED) is 0.652. The van der Waals surface area contributed by atoms with Gasteiger partial charge in [0.25, 0.3) is 0 Å². The number of nitrogens with zero attached hydrogens (tertiary/aromatic N) is 2. The Balaban J connectivity index is 1.15. The zero-order valence-corrected chi connectivity index (χ0v) is 17.6. The molecule has 156 valence electrons. The summed E-state index contributed by atoms with van der Waals surface area (Å²) < 4.78 is 0. The number of benzene rings is 2. The van der Waals surface area contributed by atoms with Gasteiger partial charge in [-0.15, -0.1) is 0 Å². The van der Waals surface area contributed by atoms with Crippen LogP contribution in [0.3, 0.4) is 0 Å². The molecular formula is C26H31N3O. The highest BCUT2D eigenvalue weighted by Gasteiger charge is 2.48. The summed E-state index contributed by atoms with van der Waals surface area (Å²) in [5, 5.41) is 11.7. The fourth-order valence-electron chi connectivity index (χ4n) is 6.49. The van der Waals surface area contributed by atoms with Gasteiger partial charge in [0.15, 0.2) is 0 Å². The molecule has 2 aromatic carbocycles. The van der Waals surface area contributed by atoms with E-state index in [9.17, 15) is 5.11 Å². The number of rotatable bonds is 4. The molecule has 1 saturated heterocycles. The summed E-state index contributed by atoms with van der Waals surface area (Å²) in [6, 6.07) is 17.2. The number of fused-ring (bicyclic) bond motifs is 3. The molecule has 3 aromatic rings. The van der Waals surface area contributed by atoms with Crippen molar-refractivity contribution in [3.63, 3.8) is 0 Å². The van der Waals surface area contributed by atoms with Crippen molar-refractivity contribution in [1.82, 2.24) is 14.9 Å². The SMILES string of the molecule is OC1(CCN2CCCC(c3nc4ccccc4[nH]3)C2)CC2CCC1c1ccccc12. The standard InChI is InChI=1S/C26H31N3O/c30-26(16-18-11-12-22(26)21-8-2-1-7-20(18)21)13-15-29-14-5-6-19(17-29)25-27-23-9-3-4-10-24(23)28-25/h1-4,7-10,18-19,22,30H,5-6,11-17H2,(H,27,28). The predicted octanol–water partition coefficient (Wildman–Crippen LogP) is 4.93. The Morgan fingerprint density at radius 2 is 1.83 bits per heavy atom. The third kappa shape index (κ3) is 3.09. The summed E-state index contributed by atoms with van der Waals surface area (Å²) in [7, 11) is 0. The van der Waals surface area contributed by atoms with Crippen LogP contribution in [-0.2, 0) is 0 Å². The molecular weight excluding hydrogens is 370 g/mol.